The van der Waals surface area contributed by atoms with E-state index in [9.17, 15) is 18.4 Å². The fourth-order valence-electron chi connectivity index (χ4n) is 2.51. The molecule has 1 aliphatic heterocycles. The van der Waals surface area contributed by atoms with Crippen molar-refractivity contribution in [2.75, 3.05) is 6.61 Å². The van der Waals surface area contributed by atoms with Gasteiger partial charge in [0.2, 0.25) is 0 Å². The third-order valence-corrected chi connectivity index (χ3v) is 4.06. The van der Waals surface area contributed by atoms with Crippen molar-refractivity contribution in [1.29, 1.82) is 5.26 Å². The molecule has 0 aliphatic carbocycles. The molecule has 0 bridgehead atoms. The maximum atomic E-state index is 12.2. The molecule has 0 saturated heterocycles. The average molecular weight is 384 g/mol. The Labute approximate surface area is 138 Å². The summed E-state index contributed by atoms with van der Waals surface area (Å²) >= 11 is 3.36. The van der Waals surface area contributed by atoms with Crippen LogP contribution in [0.1, 0.15) is 11.1 Å². The number of ether oxygens (including phenoxy) is 2. The van der Waals surface area contributed by atoms with Gasteiger partial charge < -0.3 is 9.47 Å². The van der Waals surface area contributed by atoms with E-state index in [1.165, 1.54) is 24.3 Å². The number of alkyl halides is 3. The minimum atomic E-state index is -4.72. The van der Waals surface area contributed by atoms with Crippen LogP contribution in [-0.4, -0.2) is 13.0 Å². The van der Waals surface area contributed by atoms with Crippen molar-refractivity contribution in [3.05, 3.63) is 45.9 Å². The second-order valence-electron chi connectivity index (χ2n) is 4.87. The first-order valence-electron chi connectivity index (χ1n) is 6.63. The van der Waals surface area contributed by atoms with Gasteiger partial charge >= 0.3 is 6.36 Å². The number of halogens is 4. The molecule has 0 radical (unpaired) electrons. The highest BCUT2D eigenvalue weighted by molar-refractivity contribution is 9.10. The summed E-state index contributed by atoms with van der Waals surface area (Å²) in [4.78, 5) is 0. The van der Waals surface area contributed by atoms with Gasteiger partial charge in [0.1, 0.15) is 17.6 Å². The SMILES string of the molecule is N#Cc1c(Br)cc(-c2ccc(OC(F)(F)F)cc2)c2c1CCO2. The van der Waals surface area contributed by atoms with Gasteiger partial charge in [-0.2, -0.15) is 5.26 Å². The van der Waals surface area contributed by atoms with E-state index >= 15 is 0 Å². The Bertz CT molecular complexity index is 795. The molecule has 0 aromatic heterocycles. The molecule has 3 nitrogen and oxygen atoms in total. The Morgan fingerprint density at radius 1 is 1.22 bits per heavy atom. The number of nitrogens with zero attached hydrogens (tertiary/aromatic N) is 1. The highest BCUT2D eigenvalue weighted by Gasteiger charge is 2.31. The summed E-state index contributed by atoms with van der Waals surface area (Å²) in [6.45, 7) is 0.475. The Kier molecular flexibility index (Phi) is 3.94. The van der Waals surface area contributed by atoms with Gasteiger partial charge in [-0.15, -0.1) is 13.2 Å². The first-order valence-corrected chi connectivity index (χ1v) is 7.43. The lowest BCUT2D eigenvalue weighted by Gasteiger charge is -2.12. The largest absolute Gasteiger partial charge is 0.573 e. The molecular weight excluding hydrogens is 375 g/mol. The van der Waals surface area contributed by atoms with E-state index in [2.05, 4.69) is 26.7 Å². The quantitative estimate of drug-likeness (QED) is 0.746. The third kappa shape index (κ3) is 3.13. The molecule has 0 atom stereocenters. The van der Waals surface area contributed by atoms with Crippen LogP contribution < -0.4 is 9.47 Å². The molecule has 0 spiro atoms. The number of fused-ring (bicyclic) bond motifs is 1. The van der Waals surface area contributed by atoms with Crippen LogP contribution in [0.3, 0.4) is 0 Å². The van der Waals surface area contributed by atoms with Crippen molar-refractivity contribution < 1.29 is 22.6 Å². The first kappa shape index (κ1) is 15.7. The van der Waals surface area contributed by atoms with Crippen molar-refractivity contribution in [3.63, 3.8) is 0 Å². The lowest BCUT2D eigenvalue weighted by molar-refractivity contribution is -0.274. The normalized spacial score (nSPS) is 13.2. The van der Waals surface area contributed by atoms with Crippen molar-refractivity contribution in [2.45, 2.75) is 12.8 Å². The molecule has 0 unspecified atom stereocenters. The number of nitriles is 1. The Balaban J connectivity index is 2.02. The fraction of sp³-hybridized carbons (Fsp3) is 0.188. The maximum Gasteiger partial charge on any atom is 0.573 e. The average Bonchev–Trinajstić information content (AvgIpc) is 2.95. The van der Waals surface area contributed by atoms with Crippen LogP contribution in [0, 0.1) is 11.3 Å². The number of hydrogen-bond donors (Lipinski definition) is 0. The topological polar surface area (TPSA) is 42.2 Å². The van der Waals surface area contributed by atoms with Gasteiger partial charge in [0, 0.05) is 22.0 Å². The van der Waals surface area contributed by atoms with E-state index in [4.69, 9.17) is 4.74 Å². The highest BCUT2D eigenvalue weighted by atomic mass is 79.9. The molecule has 0 amide bonds. The Morgan fingerprint density at radius 2 is 1.91 bits per heavy atom. The second-order valence-corrected chi connectivity index (χ2v) is 5.73. The van der Waals surface area contributed by atoms with Crippen LogP contribution in [0.25, 0.3) is 11.1 Å². The predicted molar refractivity (Wildman–Crippen MR) is 80.2 cm³/mol. The van der Waals surface area contributed by atoms with Gasteiger partial charge in [-0.3, -0.25) is 0 Å². The number of hydrogen-bond acceptors (Lipinski definition) is 3. The number of rotatable bonds is 2. The van der Waals surface area contributed by atoms with Crippen molar-refractivity contribution in [3.8, 4) is 28.7 Å². The van der Waals surface area contributed by atoms with Crippen molar-refractivity contribution >= 4 is 15.9 Å². The fourth-order valence-corrected chi connectivity index (χ4v) is 3.07. The predicted octanol–water partition coefficient (Wildman–Crippen LogP) is 4.82. The van der Waals surface area contributed by atoms with Crippen LogP contribution in [0.5, 0.6) is 11.5 Å². The van der Waals surface area contributed by atoms with E-state index in [-0.39, 0.29) is 5.75 Å². The van der Waals surface area contributed by atoms with E-state index in [0.717, 1.165) is 11.1 Å². The zero-order valence-electron chi connectivity index (χ0n) is 11.6. The minimum Gasteiger partial charge on any atom is -0.492 e. The first-order chi connectivity index (χ1) is 10.9. The molecule has 0 N–H and O–H groups in total. The lowest BCUT2D eigenvalue weighted by Crippen LogP contribution is -2.16. The molecule has 1 aliphatic rings. The Hall–Kier alpha value is -2.20. The van der Waals surface area contributed by atoms with Gasteiger partial charge in [-0.1, -0.05) is 12.1 Å². The zero-order valence-corrected chi connectivity index (χ0v) is 13.2. The van der Waals surface area contributed by atoms with Crippen LogP contribution in [0.4, 0.5) is 13.2 Å². The van der Waals surface area contributed by atoms with Gasteiger partial charge in [-0.25, -0.2) is 0 Å². The molecule has 118 valence electrons. The molecule has 0 fully saturated rings. The lowest BCUT2D eigenvalue weighted by atomic mass is 9.97. The van der Waals surface area contributed by atoms with Crippen LogP contribution in [0.2, 0.25) is 0 Å². The summed E-state index contributed by atoms with van der Waals surface area (Å²) in [5, 5.41) is 9.23. The van der Waals surface area contributed by atoms with E-state index < -0.39 is 6.36 Å². The monoisotopic (exact) mass is 383 g/mol. The van der Waals surface area contributed by atoms with Crippen molar-refractivity contribution in [1.82, 2.24) is 0 Å². The third-order valence-electron chi connectivity index (χ3n) is 3.44. The van der Waals surface area contributed by atoms with E-state index in [1.807, 2.05) is 0 Å². The molecule has 2 aromatic carbocycles. The molecule has 23 heavy (non-hydrogen) atoms. The molecular formula is C16H9BrF3NO2. The minimum absolute atomic E-state index is 0.286. The number of benzene rings is 2. The molecule has 2 aromatic rings. The van der Waals surface area contributed by atoms with E-state index in [0.29, 0.717) is 34.4 Å². The summed E-state index contributed by atoms with van der Waals surface area (Å²) in [5.74, 6) is 0.320. The zero-order chi connectivity index (χ0) is 16.6. The second kappa shape index (κ2) is 5.78. The Morgan fingerprint density at radius 3 is 2.52 bits per heavy atom. The van der Waals surface area contributed by atoms with Gasteiger partial charge in [0.25, 0.3) is 0 Å². The van der Waals surface area contributed by atoms with Gasteiger partial charge in [0.05, 0.1) is 12.2 Å². The van der Waals surface area contributed by atoms with Crippen LogP contribution >= 0.6 is 15.9 Å². The molecule has 1 heterocycles. The van der Waals surface area contributed by atoms with Gasteiger partial charge in [0.15, 0.2) is 0 Å². The summed E-state index contributed by atoms with van der Waals surface area (Å²) < 4.78 is 46.7. The summed E-state index contributed by atoms with van der Waals surface area (Å²) in [7, 11) is 0. The molecule has 0 saturated carbocycles. The van der Waals surface area contributed by atoms with Crippen molar-refractivity contribution in [2.24, 2.45) is 0 Å². The van der Waals surface area contributed by atoms with Crippen LogP contribution in [-0.2, 0) is 6.42 Å². The van der Waals surface area contributed by atoms with Gasteiger partial charge in [-0.05, 0) is 39.7 Å². The summed E-state index contributed by atoms with van der Waals surface area (Å²) in [6, 6.07) is 9.42. The smallest absolute Gasteiger partial charge is 0.492 e. The maximum absolute atomic E-state index is 12.2. The standard InChI is InChI=1S/C16H9BrF3NO2/c17-14-7-12(15-11(5-6-22-15)13(14)8-21)9-1-3-10(4-2-9)23-16(18,19)20/h1-4,7H,5-6H2. The molecule has 7 heteroatoms. The summed E-state index contributed by atoms with van der Waals surface area (Å²) in [6.07, 6.45) is -4.09. The summed E-state index contributed by atoms with van der Waals surface area (Å²) in [5.41, 5.74) is 2.75. The van der Waals surface area contributed by atoms with E-state index in [1.54, 1.807) is 6.07 Å². The highest BCUT2D eigenvalue weighted by Crippen LogP contribution is 2.42. The molecule has 3 rings (SSSR count). The van der Waals surface area contributed by atoms with Crippen LogP contribution in [0.15, 0.2) is 34.8 Å².